The van der Waals surface area contributed by atoms with E-state index in [2.05, 4.69) is 4.72 Å². The molecule has 0 bridgehead atoms. The zero-order chi connectivity index (χ0) is 22.9. The van der Waals surface area contributed by atoms with Crippen molar-refractivity contribution in [2.45, 2.75) is 43.0 Å². The Kier molecular flexibility index (Phi) is 6.11. The molecule has 0 amide bonds. The SMILES string of the molecule is CCc1ccc(S(=O)(=O)Nc2ccc3c(c2)CN(S(=O)(=O)c2ccc(C)cc2)CC3)cc1. The van der Waals surface area contributed by atoms with Crippen LogP contribution in [0.25, 0.3) is 0 Å². The van der Waals surface area contributed by atoms with Crippen molar-refractivity contribution in [3.05, 3.63) is 89.0 Å². The second-order valence-electron chi connectivity index (χ2n) is 7.99. The normalized spacial score (nSPS) is 14.7. The maximum atomic E-state index is 13.1. The van der Waals surface area contributed by atoms with Crippen LogP contribution in [-0.4, -0.2) is 27.7 Å². The van der Waals surface area contributed by atoms with E-state index < -0.39 is 20.0 Å². The van der Waals surface area contributed by atoms with Gasteiger partial charge in [-0.2, -0.15) is 4.31 Å². The Morgan fingerprint density at radius 3 is 2.16 bits per heavy atom. The van der Waals surface area contributed by atoms with Crippen LogP contribution in [0.5, 0.6) is 0 Å². The number of nitrogens with one attached hydrogen (secondary N) is 1. The summed E-state index contributed by atoms with van der Waals surface area (Å²) in [5.41, 5.74) is 4.30. The second kappa shape index (κ2) is 8.69. The van der Waals surface area contributed by atoms with Gasteiger partial charge < -0.3 is 0 Å². The third-order valence-corrected chi connectivity index (χ3v) is 8.99. The molecule has 168 valence electrons. The molecule has 32 heavy (non-hydrogen) atoms. The van der Waals surface area contributed by atoms with Crippen LogP contribution in [0.2, 0.25) is 0 Å². The van der Waals surface area contributed by atoms with Gasteiger partial charge in [-0.05, 0) is 72.9 Å². The van der Waals surface area contributed by atoms with E-state index in [0.717, 1.165) is 28.7 Å². The molecule has 0 saturated carbocycles. The third-order valence-electron chi connectivity index (χ3n) is 5.74. The van der Waals surface area contributed by atoms with Crippen LogP contribution >= 0.6 is 0 Å². The molecule has 0 aliphatic carbocycles. The lowest BCUT2D eigenvalue weighted by molar-refractivity contribution is 0.391. The van der Waals surface area contributed by atoms with Crippen molar-refractivity contribution >= 4 is 25.7 Å². The van der Waals surface area contributed by atoms with E-state index in [1.807, 2.05) is 19.9 Å². The number of fused-ring (bicyclic) bond motifs is 1. The van der Waals surface area contributed by atoms with E-state index >= 15 is 0 Å². The lowest BCUT2D eigenvalue weighted by Gasteiger charge is -2.28. The first-order chi connectivity index (χ1) is 15.2. The number of aryl methyl sites for hydroxylation is 2. The van der Waals surface area contributed by atoms with Crippen molar-refractivity contribution in [3.8, 4) is 0 Å². The molecule has 0 atom stereocenters. The average Bonchev–Trinajstić information content (AvgIpc) is 2.78. The van der Waals surface area contributed by atoms with Gasteiger partial charge in [-0.1, -0.05) is 42.8 Å². The summed E-state index contributed by atoms with van der Waals surface area (Å²) in [5.74, 6) is 0. The minimum absolute atomic E-state index is 0.191. The van der Waals surface area contributed by atoms with Gasteiger partial charge in [0.05, 0.1) is 9.79 Å². The van der Waals surface area contributed by atoms with Gasteiger partial charge in [0.15, 0.2) is 0 Å². The first kappa shape index (κ1) is 22.5. The van der Waals surface area contributed by atoms with Crippen LogP contribution in [0.4, 0.5) is 5.69 Å². The van der Waals surface area contributed by atoms with Crippen molar-refractivity contribution in [1.29, 1.82) is 0 Å². The van der Waals surface area contributed by atoms with Gasteiger partial charge in [0.1, 0.15) is 0 Å². The number of hydrogen-bond donors (Lipinski definition) is 1. The number of nitrogens with zero attached hydrogens (tertiary/aromatic N) is 1. The van der Waals surface area contributed by atoms with Crippen LogP contribution in [0, 0.1) is 6.92 Å². The number of hydrogen-bond acceptors (Lipinski definition) is 4. The molecule has 1 heterocycles. The summed E-state index contributed by atoms with van der Waals surface area (Å²) < 4.78 is 55.8. The highest BCUT2D eigenvalue weighted by atomic mass is 32.2. The summed E-state index contributed by atoms with van der Waals surface area (Å²) in [7, 11) is -7.36. The van der Waals surface area contributed by atoms with Crippen LogP contribution in [0.3, 0.4) is 0 Å². The Morgan fingerprint density at radius 2 is 1.50 bits per heavy atom. The van der Waals surface area contributed by atoms with E-state index in [1.54, 1.807) is 60.7 Å². The van der Waals surface area contributed by atoms with Gasteiger partial charge in [-0.3, -0.25) is 4.72 Å². The summed E-state index contributed by atoms with van der Waals surface area (Å²) in [5, 5.41) is 0. The molecule has 6 nitrogen and oxygen atoms in total. The van der Waals surface area contributed by atoms with Crippen LogP contribution in [0.1, 0.15) is 29.2 Å². The molecular weight excluding hydrogens is 444 g/mol. The minimum Gasteiger partial charge on any atom is -0.280 e. The Labute approximate surface area is 190 Å². The Hall–Kier alpha value is -2.68. The first-order valence-electron chi connectivity index (χ1n) is 10.5. The molecule has 3 aromatic carbocycles. The van der Waals surface area contributed by atoms with E-state index in [-0.39, 0.29) is 16.3 Å². The molecular formula is C24H26N2O4S2. The minimum atomic E-state index is -3.74. The largest absolute Gasteiger partial charge is 0.280 e. The highest BCUT2D eigenvalue weighted by Gasteiger charge is 2.28. The first-order valence-corrected chi connectivity index (χ1v) is 13.4. The van der Waals surface area contributed by atoms with Crippen molar-refractivity contribution in [3.63, 3.8) is 0 Å². The predicted octanol–water partition coefficient (Wildman–Crippen LogP) is 4.11. The Balaban J connectivity index is 1.56. The summed E-state index contributed by atoms with van der Waals surface area (Å²) >= 11 is 0. The fraction of sp³-hybridized carbons (Fsp3) is 0.250. The maximum absolute atomic E-state index is 13.1. The van der Waals surface area contributed by atoms with Crippen LogP contribution < -0.4 is 4.72 Å². The van der Waals surface area contributed by atoms with Gasteiger partial charge in [-0.25, -0.2) is 16.8 Å². The molecule has 0 radical (unpaired) electrons. The molecule has 1 aliphatic heterocycles. The van der Waals surface area contributed by atoms with Gasteiger partial charge in [-0.15, -0.1) is 0 Å². The molecule has 8 heteroatoms. The molecule has 3 aromatic rings. The monoisotopic (exact) mass is 470 g/mol. The van der Waals surface area contributed by atoms with Crippen molar-refractivity contribution < 1.29 is 16.8 Å². The molecule has 1 aliphatic rings. The lowest BCUT2D eigenvalue weighted by atomic mass is 10.0. The lowest BCUT2D eigenvalue weighted by Crippen LogP contribution is -2.36. The topological polar surface area (TPSA) is 83.6 Å². The number of anilines is 1. The summed E-state index contributed by atoms with van der Waals surface area (Å²) in [4.78, 5) is 0.454. The second-order valence-corrected chi connectivity index (χ2v) is 11.6. The zero-order valence-corrected chi connectivity index (χ0v) is 19.7. The Bertz CT molecular complexity index is 1330. The van der Waals surface area contributed by atoms with E-state index in [1.165, 1.54) is 4.31 Å². The van der Waals surface area contributed by atoms with Crippen LogP contribution in [0.15, 0.2) is 76.5 Å². The highest BCUT2D eigenvalue weighted by molar-refractivity contribution is 7.92. The van der Waals surface area contributed by atoms with Crippen molar-refractivity contribution in [1.82, 2.24) is 4.31 Å². The quantitative estimate of drug-likeness (QED) is 0.588. The van der Waals surface area contributed by atoms with Crippen molar-refractivity contribution in [2.75, 3.05) is 11.3 Å². The summed E-state index contributed by atoms with van der Waals surface area (Å²) in [6.45, 7) is 4.51. The van der Waals surface area contributed by atoms with Gasteiger partial charge in [0.25, 0.3) is 10.0 Å². The fourth-order valence-corrected chi connectivity index (χ4v) is 6.25. The summed E-state index contributed by atoms with van der Waals surface area (Å²) in [6.07, 6.45) is 1.41. The smallest absolute Gasteiger partial charge is 0.261 e. The highest BCUT2D eigenvalue weighted by Crippen LogP contribution is 2.28. The molecule has 0 fully saturated rings. The molecule has 0 saturated heterocycles. The average molecular weight is 471 g/mol. The van der Waals surface area contributed by atoms with E-state index in [0.29, 0.717) is 18.7 Å². The van der Waals surface area contributed by atoms with Crippen molar-refractivity contribution in [2.24, 2.45) is 0 Å². The number of rotatable bonds is 6. The molecule has 4 rings (SSSR count). The molecule has 1 N–H and O–H groups in total. The van der Waals surface area contributed by atoms with Gasteiger partial charge in [0.2, 0.25) is 10.0 Å². The maximum Gasteiger partial charge on any atom is 0.261 e. The zero-order valence-electron chi connectivity index (χ0n) is 18.1. The molecule has 0 unspecified atom stereocenters. The molecule has 0 spiro atoms. The van der Waals surface area contributed by atoms with Gasteiger partial charge in [0, 0.05) is 18.8 Å². The van der Waals surface area contributed by atoms with E-state index in [4.69, 9.17) is 0 Å². The predicted molar refractivity (Wildman–Crippen MR) is 126 cm³/mol. The number of benzene rings is 3. The summed E-state index contributed by atoms with van der Waals surface area (Å²) in [6, 6.07) is 18.9. The number of sulfonamides is 2. The standard InChI is InChI=1S/C24H26N2O4S2/c1-3-19-6-12-23(13-7-19)31(27,28)25-22-9-8-20-14-15-26(17-21(20)16-22)32(29,30)24-10-4-18(2)5-11-24/h4-13,16,25H,3,14-15,17H2,1-2H3. The fourth-order valence-electron chi connectivity index (χ4n) is 3.78. The molecule has 0 aromatic heterocycles. The van der Waals surface area contributed by atoms with Gasteiger partial charge >= 0.3 is 0 Å². The van der Waals surface area contributed by atoms with Crippen LogP contribution in [-0.2, 0) is 39.4 Å². The third kappa shape index (κ3) is 4.57. The van der Waals surface area contributed by atoms with E-state index in [9.17, 15) is 16.8 Å². The Morgan fingerprint density at radius 1 is 0.844 bits per heavy atom.